The van der Waals surface area contributed by atoms with Crippen LogP contribution in [0.25, 0.3) is 11.0 Å². The molecule has 2 aromatic rings. The van der Waals surface area contributed by atoms with Gasteiger partial charge in [0.05, 0.1) is 6.26 Å². The molecule has 0 saturated carbocycles. The zero-order chi connectivity index (χ0) is 8.72. The summed E-state index contributed by atoms with van der Waals surface area (Å²) in [4.78, 5) is 0. The first-order valence-electron chi connectivity index (χ1n) is 3.52. The molecule has 0 fully saturated rings. The number of aryl methyl sites for hydroxylation is 1. The van der Waals surface area contributed by atoms with Gasteiger partial charge in [0.15, 0.2) is 11.4 Å². The minimum absolute atomic E-state index is 0.0156. The second-order valence-corrected chi connectivity index (χ2v) is 2.66. The topological polar surface area (TPSA) is 13.1 Å². The van der Waals surface area contributed by atoms with E-state index in [1.165, 1.54) is 13.2 Å². The average molecular weight is 168 g/mol. The molecule has 0 atom stereocenters. The molecule has 3 heteroatoms. The number of hydrogen-bond acceptors (Lipinski definition) is 1. The number of rotatable bonds is 0. The second kappa shape index (κ2) is 2.30. The Morgan fingerprint density at radius 1 is 1.25 bits per heavy atom. The Hall–Kier alpha value is -1.38. The van der Waals surface area contributed by atoms with Crippen LogP contribution < -0.4 is 0 Å². The summed E-state index contributed by atoms with van der Waals surface area (Å²) in [6.07, 6.45) is 1.34. The van der Waals surface area contributed by atoms with Crippen molar-refractivity contribution < 1.29 is 13.2 Å². The van der Waals surface area contributed by atoms with Gasteiger partial charge in [-0.05, 0) is 24.6 Å². The molecule has 1 nitrogen and oxygen atoms in total. The summed E-state index contributed by atoms with van der Waals surface area (Å²) in [5.41, 5.74) is 0.277. The molecule has 0 N–H and O–H groups in total. The Labute approximate surface area is 67.6 Å². The standard InChI is InChI=1S/C9H6F2O/c1-5-4-6-2-3-12-9(6)8(11)7(5)10/h2-4H,1H3. The molecule has 0 radical (unpaired) electrons. The maximum absolute atomic E-state index is 13.0. The van der Waals surface area contributed by atoms with E-state index in [4.69, 9.17) is 4.42 Å². The largest absolute Gasteiger partial charge is 0.461 e. The lowest BCUT2D eigenvalue weighted by atomic mass is 10.1. The first kappa shape index (κ1) is 7.28. The third kappa shape index (κ3) is 0.826. The molecule has 0 saturated heterocycles. The molecule has 0 unspecified atom stereocenters. The summed E-state index contributed by atoms with van der Waals surface area (Å²) in [6.45, 7) is 1.52. The van der Waals surface area contributed by atoms with Gasteiger partial charge in [-0.25, -0.2) is 4.39 Å². The lowest BCUT2D eigenvalue weighted by Gasteiger charge is -1.97. The van der Waals surface area contributed by atoms with Gasteiger partial charge in [0, 0.05) is 5.39 Å². The van der Waals surface area contributed by atoms with E-state index < -0.39 is 11.6 Å². The Kier molecular flexibility index (Phi) is 1.40. The molecule has 62 valence electrons. The van der Waals surface area contributed by atoms with Crippen molar-refractivity contribution in [3.63, 3.8) is 0 Å². The molecule has 0 bridgehead atoms. The predicted octanol–water partition coefficient (Wildman–Crippen LogP) is 3.02. The third-order valence-electron chi connectivity index (χ3n) is 1.81. The van der Waals surface area contributed by atoms with Crippen LogP contribution in [0.5, 0.6) is 0 Å². The third-order valence-corrected chi connectivity index (χ3v) is 1.81. The molecule has 1 heterocycles. The van der Waals surface area contributed by atoms with E-state index in [0.29, 0.717) is 10.9 Å². The minimum Gasteiger partial charge on any atom is -0.461 e. The molecule has 1 aromatic carbocycles. The first-order valence-corrected chi connectivity index (χ1v) is 3.52. The number of benzene rings is 1. The van der Waals surface area contributed by atoms with E-state index in [0.717, 1.165) is 0 Å². The first-order chi connectivity index (χ1) is 5.70. The molecule has 0 spiro atoms. The van der Waals surface area contributed by atoms with Crippen LogP contribution in [-0.2, 0) is 0 Å². The molecule has 0 aliphatic rings. The highest BCUT2D eigenvalue weighted by atomic mass is 19.2. The lowest BCUT2D eigenvalue weighted by molar-refractivity contribution is 0.487. The smallest absolute Gasteiger partial charge is 0.202 e. The van der Waals surface area contributed by atoms with Crippen molar-refractivity contribution in [1.29, 1.82) is 0 Å². The fraction of sp³-hybridized carbons (Fsp3) is 0.111. The zero-order valence-electron chi connectivity index (χ0n) is 6.40. The van der Waals surface area contributed by atoms with Gasteiger partial charge in [0.25, 0.3) is 0 Å². The van der Waals surface area contributed by atoms with E-state index in [9.17, 15) is 8.78 Å². The van der Waals surface area contributed by atoms with Gasteiger partial charge >= 0.3 is 0 Å². The van der Waals surface area contributed by atoms with E-state index in [-0.39, 0.29) is 5.58 Å². The van der Waals surface area contributed by atoms with Crippen LogP contribution >= 0.6 is 0 Å². The highest BCUT2D eigenvalue weighted by Gasteiger charge is 2.12. The van der Waals surface area contributed by atoms with Gasteiger partial charge in [-0.2, -0.15) is 4.39 Å². The summed E-state index contributed by atoms with van der Waals surface area (Å²) in [5.74, 6) is -1.74. The van der Waals surface area contributed by atoms with Crippen LogP contribution in [0.4, 0.5) is 8.78 Å². The van der Waals surface area contributed by atoms with Gasteiger partial charge in [-0.3, -0.25) is 0 Å². The van der Waals surface area contributed by atoms with Crippen molar-refractivity contribution in [2.75, 3.05) is 0 Å². The number of hydrogen-bond donors (Lipinski definition) is 0. The number of furan rings is 1. The van der Waals surface area contributed by atoms with Crippen LogP contribution in [-0.4, -0.2) is 0 Å². The average Bonchev–Trinajstić information content (AvgIpc) is 2.48. The predicted molar refractivity (Wildman–Crippen MR) is 40.9 cm³/mol. The van der Waals surface area contributed by atoms with Crippen LogP contribution in [0.2, 0.25) is 0 Å². The molecule has 12 heavy (non-hydrogen) atoms. The van der Waals surface area contributed by atoms with Crippen molar-refractivity contribution in [1.82, 2.24) is 0 Å². The molecule has 0 amide bonds. The summed E-state index contributed by atoms with van der Waals surface area (Å²) >= 11 is 0. The van der Waals surface area contributed by atoms with Crippen LogP contribution in [0.1, 0.15) is 5.56 Å². The van der Waals surface area contributed by atoms with Gasteiger partial charge in [0.1, 0.15) is 0 Å². The molecular weight excluding hydrogens is 162 g/mol. The Morgan fingerprint density at radius 2 is 2.00 bits per heavy atom. The summed E-state index contributed by atoms with van der Waals surface area (Å²) in [6, 6.07) is 3.15. The SMILES string of the molecule is Cc1cc2ccoc2c(F)c1F. The van der Waals surface area contributed by atoms with Gasteiger partial charge in [-0.1, -0.05) is 0 Å². The van der Waals surface area contributed by atoms with E-state index in [1.54, 1.807) is 12.1 Å². The van der Waals surface area contributed by atoms with Crippen LogP contribution in [0.15, 0.2) is 22.8 Å². The maximum Gasteiger partial charge on any atom is 0.202 e. The van der Waals surface area contributed by atoms with Crippen molar-refractivity contribution >= 4 is 11.0 Å². The summed E-state index contributed by atoms with van der Waals surface area (Å²) in [7, 11) is 0. The van der Waals surface area contributed by atoms with E-state index in [2.05, 4.69) is 0 Å². The van der Waals surface area contributed by atoms with E-state index in [1.807, 2.05) is 0 Å². The quantitative estimate of drug-likeness (QED) is 0.589. The van der Waals surface area contributed by atoms with Crippen LogP contribution in [0.3, 0.4) is 0 Å². The summed E-state index contributed by atoms with van der Waals surface area (Å²) in [5, 5.41) is 0.589. The maximum atomic E-state index is 13.0. The zero-order valence-corrected chi connectivity index (χ0v) is 6.40. The molecule has 0 aliphatic heterocycles. The lowest BCUT2D eigenvalue weighted by Crippen LogP contribution is -1.88. The number of fused-ring (bicyclic) bond motifs is 1. The molecule has 1 aromatic heterocycles. The Morgan fingerprint density at radius 3 is 2.75 bits per heavy atom. The fourth-order valence-corrected chi connectivity index (χ4v) is 1.18. The fourth-order valence-electron chi connectivity index (χ4n) is 1.18. The minimum atomic E-state index is -0.907. The molecule has 2 rings (SSSR count). The normalized spacial score (nSPS) is 10.9. The van der Waals surface area contributed by atoms with Crippen molar-refractivity contribution in [2.45, 2.75) is 6.92 Å². The van der Waals surface area contributed by atoms with Crippen molar-refractivity contribution in [3.8, 4) is 0 Å². The van der Waals surface area contributed by atoms with E-state index >= 15 is 0 Å². The monoisotopic (exact) mass is 168 g/mol. The van der Waals surface area contributed by atoms with Gasteiger partial charge in [-0.15, -0.1) is 0 Å². The van der Waals surface area contributed by atoms with Crippen molar-refractivity contribution in [3.05, 3.63) is 35.6 Å². The van der Waals surface area contributed by atoms with Gasteiger partial charge < -0.3 is 4.42 Å². The second-order valence-electron chi connectivity index (χ2n) is 2.66. The summed E-state index contributed by atoms with van der Waals surface area (Å²) < 4.78 is 30.7. The number of halogens is 2. The van der Waals surface area contributed by atoms with Crippen molar-refractivity contribution in [2.24, 2.45) is 0 Å². The Balaban J connectivity index is 2.94. The molecular formula is C9H6F2O. The van der Waals surface area contributed by atoms with Gasteiger partial charge in [0.2, 0.25) is 5.82 Å². The molecule has 0 aliphatic carbocycles. The Bertz CT molecular complexity index is 431. The highest BCUT2D eigenvalue weighted by molar-refractivity contribution is 5.78. The highest BCUT2D eigenvalue weighted by Crippen LogP contribution is 2.23. The van der Waals surface area contributed by atoms with Crippen LogP contribution in [0, 0.1) is 18.6 Å².